The smallest absolute Gasteiger partial charge is 0.182 e. The fraction of sp³-hybridized carbons (Fsp3) is 0.700. The van der Waals surface area contributed by atoms with Crippen LogP contribution in [0.25, 0.3) is 0 Å². The maximum Gasteiger partial charge on any atom is 0.182 e. The Hall–Kier alpha value is -1.03. The molecule has 3 rings (SSSR count). The molecule has 0 aromatic carbocycles. The third kappa shape index (κ3) is 0.892. The second-order valence-electron chi connectivity index (χ2n) is 4.19. The van der Waals surface area contributed by atoms with Crippen molar-refractivity contribution in [3.05, 3.63) is 11.4 Å². The molecule has 76 valence electrons. The minimum absolute atomic E-state index is 0.0797. The number of nitrogens with one attached hydrogen (secondary N) is 1. The van der Waals surface area contributed by atoms with Gasteiger partial charge >= 0.3 is 0 Å². The summed E-state index contributed by atoms with van der Waals surface area (Å²) in [7, 11) is 0. The van der Waals surface area contributed by atoms with E-state index in [1.54, 1.807) is 0 Å². The van der Waals surface area contributed by atoms with Gasteiger partial charge in [0.25, 0.3) is 0 Å². The maximum atomic E-state index is 11.5. The molecule has 1 saturated heterocycles. The predicted octanol–water partition coefficient (Wildman–Crippen LogP) is 1.43. The van der Waals surface area contributed by atoms with Crippen LogP contribution >= 0.6 is 0 Å². The Morgan fingerprint density at radius 1 is 1.64 bits per heavy atom. The molecule has 0 bridgehead atoms. The topological polar surface area (TPSA) is 50.3 Å². The first kappa shape index (κ1) is 8.29. The Balaban J connectivity index is 1.99. The van der Waals surface area contributed by atoms with Gasteiger partial charge in [-0.25, -0.2) is 0 Å². The monoisotopic (exact) mass is 194 g/mol. The second kappa shape index (κ2) is 2.51. The Morgan fingerprint density at radius 3 is 3.07 bits per heavy atom. The summed E-state index contributed by atoms with van der Waals surface area (Å²) in [6.07, 6.45) is 2.58. The van der Waals surface area contributed by atoms with Crippen molar-refractivity contribution in [3.63, 3.8) is 0 Å². The highest BCUT2D eigenvalue weighted by molar-refractivity contribution is 5.97. The van der Waals surface area contributed by atoms with Crippen LogP contribution in [0.1, 0.15) is 42.4 Å². The normalized spacial score (nSPS) is 29.6. The van der Waals surface area contributed by atoms with Gasteiger partial charge in [-0.05, 0) is 12.8 Å². The molecule has 0 saturated carbocycles. The molecule has 1 N–H and O–H groups in total. The number of fused-ring (bicyclic) bond motifs is 2. The zero-order valence-electron chi connectivity index (χ0n) is 8.30. The van der Waals surface area contributed by atoms with Crippen molar-refractivity contribution >= 4 is 5.78 Å². The average molecular weight is 194 g/mol. The predicted molar refractivity (Wildman–Crippen MR) is 50.3 cm³/mol. The van der Waals surface area contributed by atoms with Crippen molar-refractivity contribution in [2.45, 2.75) is 38.3 Å². The number of hydrogen-bond donors (Lipinski definition) is 1. The number of ether oxygens (including phenoxy) is 1. The number of nitrogens with zero attached hydrogens (tertiary/aromatic N) is 1. The van der Waals surface area contributed by atoms with Crippen LogP contribution in [0.2, 0.25) is 0 Å². The van der Waals surface area contributed by atoms with Crippen molar-refractivity contribution in [1.29, 1.82) is 0 Å². The van der Waals surface area contributed by atoms with Crippen LogP contribution in [-0.4, -0.2) is 22.2 Å². The van der Waals surface area contributed by atoms with E-state index in [1.165, 1.54) is 0 Å². The van der Waals surface area contributed by atoms with Gasteiger partial charge in [-0.15, -0.1) is 0 Å². The average Bonchev–Trinajstić information content (AvgIpc) is 2.87. The van der Waals surface area contributed by atoms with E-state index in [9.17, 15) is 4.79 Å². The highest BCUT2D eigenvalue weighted by atomic mass is 16.6. The zero-order valence-corrected chi connectivity index (χ0v) is 8.30. The number of H-pyrrole nitrogens is 1. The molecule has 1 atom stereocenters. The van der Waals surface area contributed by atoms with E-state index in [0.29, 0.717) is 6.42 Å². The van der Waals surface area contributed by atoms with Gasteiger partial charge in [0.15, 0.2) is 5.78 Å². The molecule has 2 aliphatic rings. The summed E-state index contributed by atoms with van der Waals surface area (Å²) in [6, 6.07) is 0. The Kier molecular flexibility index (Phi) is 1.49. The molecule has 1 spiro atoms. The minimum Gasteiger partial charge on any atom is -0.363 e. The molecule has 4 nitrogen and oxygen atoms in total. The molecule has 1 unspecified atom stereocenters. The van der Waals surface area contributed by atoms with Crippen molar-refractivity contribution in [1.82, 2.24) is 9.78 Å². The quantitative estimate of drug-likeness (QED) is 0.724. The number of hydrogen-bond acceptors (Lipinski definition) is 2. The molecular weight excluding hydrogens is 180 g/mol. The SMILES string of the molecule is CCCn1[nH]c2c1C1(CCC2=O)CO1. The van der Waals surface area contributed by atoms with Crippen LogP contribution in [0, 0.1) is 0 Å². The molecule has 1 aliphatic heterocycles. The lowest BCUT2D eigenvalue weighted by Gasteiger charge is -2.30. The van der Waals surface area contributed by atoms with Crippen molar-refractivity contribution in [2.24, 2.45) is 0 Å². The highest BCUT2D eigenvalue weighted by Gasteiger charge is 2.54. The molecule has 2 heterocycles. The standard InChI is InChI=1S/C10H14N2O2/c1-2-5-12-9-8(11-12)7(13)3-4-10(9)6-14-10/h11H,2-6H2,1H3. The minimum atomic E-state index is -0.0797. The van der Waals surface area contributed by atoms with Crippen molar-refractivity contribution < 1.29 is 9.53 Å². The summed E-state index contributed by atoms with van der Waals surface area (Å²) >= 11 is 0. The third-order valence-electron chi connectivity index (χ3n) is 3.16. The van der Waals surface area contributed by atoms with E-state index in [4.69, 9.17) is 4.74 Å². The van der Waals surface area contributed by atoms with Gasteiger partial charge in [0, 0.05) is 13.0 Å². The lowest BCUT2D eigenvalue weighted by Crippen LogP contribution is -2.35. The number of ketones is 1. The Morgan fingerprint density at radius 2 is 2.43 bits per heavy atom. The van der Waals surface area contributed by atoms with E-state index < -0.39 is 0 Å². The lowest BCUT2D eigenvalue weighted by molar-refractivity contribution is 0.0915. The zero-order chi connectivity index (χ0) is 9.76. The second-order valence-corrected chi connectivity index (χ2v) is 4.19. The summed E-state index contributed by atoms with van der Waals surface area (Å²) in [4.78, 5) is 11.5. The maximum absolute atomic E-state index is 11.5. The fourth-order valence-corrected chi connectivity index (χ4v) is 2.31. The van der Waals surface area contributed by atoms with Gasteiger partial charge in [-0.1, -0.05) is 6.92 Å². The Bertz CT molecular complexity index is 385. The number of carbonyl (C=O) groups is 1. The first-order valence-electron chi connectivity index (χ1n) is 5.23. The van der Waals surface area contributed by atoms with E-state index >= 15 is 0 Å². The molecule has 1 fully saturated rings. The number of rotatable bonds is 2. The largest absolute Gasteiger partial charge is 0.363 e. The lowest BCUT2D eigenvalue weighted by atomic mass is 9.88. The van der Waals surface area contributed by atoms with Gasteiger partial charge in [0.05, 0.1) is 12.3 Å². The molecule has 1 aliphatic carbocycles. The summed E-state index contributed by atoms with van der Waals surface area (Å²) in [5.74, 6) is 0.244. The number of Topliss-reactive ketones (excluding diaryl/α,β-unsaturated/α-hetero) is 1. The van der Waals surface area contributed by atoms with E-state index in [-0.39, 0.29) is 11.4 Å². The molecule has 4 heteroatoms. The van der Waals surface area contributed by atoms with Gasteiger partial charge < -0.3 is 4.74 Å². The summed E-state index contributed by atoms with van der Waals surface area (Å²) in [5.41, 5.74) is 1.85. The number of epoxide rings is 1. The fourth-order valence-electron chi connectivity index (χ4n) is 2.31. The summed E-state index contributed by atoms with van der Waals surface area (Å²) < 4.78 is 7.57. The van der Waals surface area contributed by atoms with Crippen molar-refractivity contribution in [2.75, 3.05) is 6.61 Å². The molecule has 14 heavy (non-hydrogen) atoms. The first-order valence-corrected chi connectivity index (χ1v) is 5.23. The molecule has 0 amide bonds. The van der Waals surface area contributed by atoms with Crippen LogP contribution < -0.4 is 0 Å². The summed E-state index contributed by atoms with van der Waals surface area (Å²) in [6.45, 7) is 3.88. The number of aryl methyl sites for hydroxylation is 1. The molecule has 0 radical (unpaired) electrons. The molecule has 1 aromatic rings. The number of aromatic amines is 1. The van der Waals surface area contributed by atoms with Gasteiger partial charge in [0.2, 0.25) is 0 Å². The Labute approximate surface area is 82.2 Å². The van der Waals surface area contributed by atoms with Gasteiger partial charge in [0.1, 0.15) is 11.3 Å². The third-order valence-corrected chi connectivity index (χ3v) is 3.16. The van der Waals surface area contributed by atoms with Crippen LogP contribution in [0.4, 0.5) is 0 Å². The van der Waals surface area contributed by atoms with Crippen LogP contribution in [0.15, 0.2) is 0 Å². The first-order chi connectivity index (χ1) is 6.77. The van der Waals surface area contributed by atoms with Crippen molar-refractivity contribution in [3.8, 4) is 0 Å². The molecule has 1 aromatic heterocycles. The molecular formula is C10H14N2O2. The number of aromatic nitrogens is 2. The van der Waals surface area contributed by atoms with Gasteiger partial charge in [-0.3, -0.25) is 14.6 Å². The van der Waals surface area contributed by atoms with E-state index in [1.807, 2.05) is 0 Å². The van der Waals surface area contributed by atoms with E-state index in [2.05, 4.69) is 16.7 Å². The van der Waals surface area contributed by atoms with Gasteiger partial charge in [-0.2, -0.15) is 0 Å². The summed E-state index contributed by atoms with van der Waals surface area (Å²) in [5, 5.41) is 3.11. The van der Waals surface area contributed by atoms with Crippen LogP contribution in [0.5, 0.6) is 0 Å². The van der Waals surface area contributed by atoms with E-state index in [0.717, 1.165) is 37.4 Å². The number of carbonyl (C=O) groups excluding carboxylic acids is 1. The highest BCUT2D eigenvalue weighted by Crippen LogP contribution is 2.48. The van der Waals surface area contributed by atoms with Crippen LogP contribution in [-0.2, 0) is 16.9 Å². The van der Waals surface area contributed by atoms with Crippen LogP contribution in [0.3, 0.4) is 0 Å².